The lowest BCUT2D eigenvalue weighted by atomic mass is 10.1. The van der Waals surface area contributed by atoms with Crippen LogP contribution in [0, 0.1) is 0 Å². The van der Waals surface area contributed by atoms with Crippen LogP contribution < -0.4 is 11.1 Å². The summed E-state index contributed by atoms with van der Waals surface area (Å²) in [6, 6.07) is 6.91. The van der Waals surface area contributed by atoms with Gasteiger partial charge in [-0.2, -0.15) is 0 Å². The molecule has 0 aromatic heterocycles. The highest BCUT2D eigenvalue weighted by Crippen LogP contribution is 2.06. The number of amides is 2. The van der Waals surface area contributed by atoms with Crippen LogP contribution in [0.2, 0.25) is 0 Å². The molecule has 1 rings (SSSR count). The molecular formula is C12H17N3O2. The number of likely N-dealkylation sites (N-methyl/N-ethyl adjacent to an activating group) is 2. The van der Waals surface area contributed by atoms with Gasteiger partial charge in [0.25, 0.3) is 0 Å². The topological polar surface area (TPSA) is 75.4 Å². The summed E-state index contributed by atoms with van der Waals surface area (Å²) in [7, 11) is 3.47. The van der Waals surface area contributed by atoms with Gasteiger partial charge in [0.1, 0.15) is 0 Å². The predicted octanol–water partition coefficient (Wildman–Crippen LogP) is -0.0367. The maximum absolute atomic E-state index is 11.5. The van der Waals surface area contributed by atoms with Crippen molar-refractivity contribution < 1.29 is 9.59 Å². The van der Waals surface area contributed by atoms with E-state index in [1.165, 1.54) is 0 Å². The van der Waals surface area contributed by atoms with Gasteiger partial charge in [0.2, 0.25) is 11.8 Å². The normalized spacial score (nSPS) is 10.0. The zero-order chi connectivity index (χ0) is 12.8. The van der Waals surface area contributed by atoms with Gasteiger partial charge in [0, 0.05) is 19.2 Å². The second-order valence-corrected chi connectivity index (χ2v) is 3.84. The van der Waals surface area contributed by atoms with Crippen molar-refractivity contribution >= 4 is 11.8 Å². The van der Waals surface area contributed by atoms with Gasteiger partial charge in [-0.25, -0.2) is 0 Å². The first-order valence-corrected chi connectivity index (χ1v) is 5.32. The van der Waals surface area contributed by atoms with Crippen LogP contribution in [0.4, 0.5) is 0 Å². The van der Waals surface area contributed by atoms with Gasteiger partial charge in [-0.05, 0) is 24.7 Å². The summed E-state index contributed by atoms with van der Waals surface area (Å²) in [4.78, 5) is 24.0. The minimum absolute atomic E-state index is 0.0199. The standard InChI is InChI=1S/C12H17N3O2/c1-14-7-11(16)15(2)8-9-3-5-10(6-4-9)12(13)17/h3-6,14H,7-8H2,1-2H3,(H2,13,17). The molecule has 0 fully saturated rings. The average molecular weight is 235 g/mol. The Morgan fingerprint density at radius 1 is 1.29 bits per heavy atom. The number of carbonyl (C=O) groups excluding carboxylic acids is 2. The fourth-order valence-corrected chi connectivity index (χ4v) is 1.42. The molecule has 0 saturated carbocycles. The highest BCUT2D eigenvalue weighted by molar-refractivity contribution is 5.92. The summed E-state index contributed by atoms with van der Waals surface area (Å²) in [5.74, 6) is -0.428. The molecule has 1 aromatic rings. The SMILES string of the molecule is CNCC(=O)N(C)Cc1ccc(C(N)=O)cc1. The fraction of sp³-hybridized carbons (Fsp3) is 0.333. The van der Waals surface area contributed by atoms with Gasteiger partial charge >= 0.3 is 0 Å². The van der Waals surface area contributed by atoms with E-state index < -0.39 is 5.91 Å². The molecule has 0 spiro atoms. The summed E-state index contributed by atoms with van der Waals surface area (Å²) >= 11 is 0. The molecule has 1 aromatic carbocycles. The molecule has 0 unspecified atom stereocenters. The van der Waals surface area contributed by atoms with Gasteiger partial charge in [0.05, 0.1) is 6.54 Å². The molecule has 0 atom stereocenters. The molecule has 5 nitrogen and oxygen atoms in total. The van der Waals surface area contributed by atoms with E-state index in [1.54, 1.807) is 43.3 Å². The Bertz CT molecular complexity index is 401. The van der Waals surface area contributed by atoms with Crippen molar-refractivity contribution in [1.82, 2.24) is 10.2 Å². The monoisotopic (exact) mass is 235 g/mol. The number of nitrogens with two attached hydrogens (primary N) is 1. The summed E-state index contributed by atoms with van der Waals surface area (Å²) in [6.45, 7) is 0.829. The van der Waals surface area contributed by atoms with Crippen LogP contribution in [0.15, 0.2) is 24.3 Å². The van der Waals surface area contributed by atoms with E-state index in [2.05, 4.69) is 5.32 Å². The summed E-state index contributed by atoms with van der Waals surface area (Å²) in [5.41, 5.74) is 6.57. The smallest absolute Gasteiger partial charge is 0.248 e. The van der Waals surface area contributed by atoms with Crippen molar-refractivity contribution in [2.24, 2.45) is 5.73 Å². The summed E-state index contributed by atoms with van der Waals surface area (Å²) in [5, 5.41) is 2.81. The second kappa shape index (κ2) is 6.00. The molecule has 2 amide bonds. The lowest BCUT2D eigenvalue weighted by molar-refractivity contribution is -0.129. The molecule has 3 N–H and O–H groups in total. The zero-order valence-corrected chi connectivity index (χ0v) is 10.1. The van der Waals surface area contributed by atoms with Crippen molar-refractivity contribution in [3.05, 3.63) is 35.4 Å². The molecule has 0 radical (unpaired) electrons. The van der Waals surface area contributed by atoms with Crippen LogP contribution in [0.1, 0.15) is 15.9 Å². The number of hydrogen-bond donors (Lipinski definition) is 2. The van der Waals surface area contributed by atoms with E-state index in [1.807, 2.05) is 0 Å². The van der Waals surface area contributed by atoms with Crippen molar-refractivity contribution in [1.29, 1.82) is 0 Å². The van der Waals surface area contributed by atoms with Crippen LogP contribution >= 0.6 is 0 Å². The van der Waals surface area contributed by atoms with E-state index in [9.17, 15) is 9.59 Å². The first kappa shape index (κ1) is 13.2. The first-order valence-electron chi connectivity index (χ1n) is 5.32. The van der Waals surface area contributed by atoms with Gasteiger partial charge in [0.15, 0.2) is 0 Å². The van der Waals surface area contributed by atoms with E-state index >= 15 is 0 Å². The Kier molecular flexibility index (Phi) is 4.66. The molecule has 0 bridgehead atoms. The van der Waals surface area contributed by atoms with Crippen LogP contribution in [0.5, 0.6) is 0 Å². The van der Waals surface area contributed by atoms with Gasteiger partial charge < -0.3 is 16.0 Å². The second-order valence-electron chi connectivity index (χ2n) is 3.84. The minimum atomic E-state index is -0.448. The summed E-state index contributed by atoms with van der Waals surface area (Å²) in [6.07, 6.45) is 0. The van der Waals surface area contributed by atoms with E-state index in [0.29, 0.717) is 18.7 Å². The highest BCUT2D eigenvalue weighted by Gasteiger charge is 2.08. The molecule has 0 aliphatic rings. The third kappa shape index (κ3) is 3.88. The zero-order valence-electron chi connectivity index (χ0n) is 10.1. The number of hydrogen-bond acceptors (Lipinski definition) is 3. The predicted molar refractivity (Wildman–Crippen MR) is 65.4 cm³/mol. The van der Waals surface area contributed by atoms with Crippen molar-refractivity contribution in [2.75, 3.05) is 20.6 Å². The molecule has 0 aliphatic heterocycles. The summed E-state index contributed by atoms with van der Waals surface area (Å²) < 4.78 is 0. The maximum atomic E-state index is 11.5. The Balaban J connectivity index is 2.63. The number of rotatable bonds is 5. The quantitative estimate of drug-likeness (QED) is 0.752. The first-order chi connectivity index (χ1) is 8.04. The molecule has 0 saturated heterocycles. The van der Waals surface area contributed by atoms with Crippen LogP contribution in [0.25, 0.3) is 0 Å². The van der Waals surface area contributed by atoms with E-state index in [4.69, 9.17) is 5.73 Å². The molecule has 92 valence electrons. The lowest BCUT2D eigenvalue weighted by Crippen LogP contribution is -2.33. The third-order valence-corrected chi connectivity index (χ3v) is 2.41. The number of nitrogens with one attached hydrogen (secondary N) is 1. The number of nitrogens with zero attached hydrogens (tertiary/aromatic N) is 1. The van der Waals surface area contributed by atoms with Crippen LogP contribution in [0.3, 0.4) is 0 Å². The van der Waals surface area contributed by atoms with Crippen LogP contribution in [-0.4, -0.2) is 37.4 Å². The minimum Gasteiger partial charge on any atom is -0.366 e. The average Bonchev–Trinajstić information content (AvgIpc) is 2.30. The maximum Gasteiger partial charge on any atom is 0.248 e. The number of primary amides is 1. The van der Waals surface area contributed by atoms with Gasteiger partial charge in [-0.3, -0.25) is 9.59 Å². The molecule has 0 heterocycles. The van der Waals surface area contributed by atoms with Crippen LogP contribution in [-0.2, 0) is 11.3 Å². The van der Waals surface area contributed by atoms with Crippen molar-refractivity contribution in [2.45, 2.75) is 6.54 Å². The highest BCUT2D eigenvalue weighted by atomic mass is 16.2. The Morgan fingerprint density at radius 3 is 2.35 bits per heavy atom. The lowest BCUT2D eigenvalue weighted by Gasteiger charge is -2.17. The van der Waals surface area contributed by atoms with E-state index in [-0.39, 0.29) is 5.91 Å². The van der Waals surface area contributed by atoms with Gasteiger partial charge in [-0.1, -0.05) is 12.1 Å². The molecule has 5 heteroatoms. The molecule has 0 aliphatic carbocycles. The van der Waals surface area contributed by atoms with Crippen molar-refractivity contribution in [3.8, 4) is 0 Å². The fourth-order valence-electron chi connectivity index (χ4n) is 1.42. The Labute approximate surface area is 101 Å². The Hall–Kier alpha value is -1.88. The van der Waals surface area contributed by atoms with E-state index in [0.717, 1.165) is 5.56 Å². The number of benzene rings is 1. The molecular weight excluding hydrogens is 218 g/mol. The molecule has 17 heavy (non-hydrogen) atoms. The van der Waals surface area contributed by atoms with Gasteiger partial charge in [-0.15, -0.1) is 0 Å². The third-order valence-electron chi connectivity index (χ3n) is 2.41. The Morgan fingerprint density at radius 2 is 1.88 bits per heavy atom. The van der Waals surface area contributed by atoms with Crippen molar-refractivity contribution in [3.63, 3.8) is 0 Å². The number of carbonyl (C=O) groups is 2. The largest absolute Gasteiger partial charge is 0.366 e.